The third-order valence-electron chi connectivity index (χ3n) is 4.35. The van der Waals surface area contributed by atoms with Crippen LogP contribution in [0, 0.1) is 11.8 Å². The van der Waals surface area contributed by atoms with Crippen LogP contribution < -0.4 is 0 Å². The van der Waals surface area contributed by atoms with Crippen molar-refractivity contribution in [2.75, 3.05) is 18.1 Å². The van der Waals surface area contributed by atoms with Crippen LogP contribution in [0.1, 0.15) is 64.7 Å². The molecule has 2 unspecified atom stereocenters. The summed E-state index contributed by atoms with van der Waals surface area (Å²) in [6.45, 7) is 2.37. The van der Waals surface area contributed by atoms with Crippen molar-refractivity contribution in [3.63, 3.8) is 0 Å². The highest BCUT2D eigenvalue weighted by Crippen LogP contribution is 2.29. The average molecular weight is 290 g/mol. The van der Waals surface area contributed by atoms with Gasteiger partial charge in [-0.25, -0.2) is 8.42 Å². The van der Waals surface area contributed by atoms with Crippen molar-refractivity contribution in [2.45, 2.75) is 64.7 Å². The van der Waals surface area contributed by atoms with Crippen LogP contribution in [0.5, 0.6) is 0 Å². The Labute approximate surface area is 118 Å². The predicted octanol–water partition coefficient (Wildman–Crippen LogP) is 3.17. The van der Waals surface area contributed by atoms with E-state index in [2.05, 4.69) is 6.92 Å². The molecule has 1 aliphatic rings. The van der Waals surface area contributed by atoms with Crippen LogP contribution in [-0.2, 0) is 9.84 Å². The van der Waals surface area contributed by atoms with E-state index in [4.69, 9.17) is 0 Å². The van der Waals surface area contributed by atoms with Crippen LogP contribution >= 0.6 is 0 Å². The van der Waals surface area contributed by atoms with Crippen molar-refractivity contribution in [1.82, 2.24) is 0 Å². The highest BCUT2D eigenvalue weighted by Gasteiger charge is 2.32. The minimum absolute atomic E-state index is 0.149. The third kappa shape index (κ3) is 6.75. The van der Waals surface area contributed by atoms with Crippen LogP contribution in [0.25, 0.3) is 0 Å². The van der Waals surface area contributed by atoms with Gasteiger partial charge in [-0.15, -0.1) is 0 Å². The molecule has 0 bridgehead atoms. The number of hydrogen-bond donors (Lipinski definition) is 1. The fraction of sp³-hybridized carbons (Fsp3) is 1.00. The molecule has 0 radical (unpaired) electrons. The van der Waals surface area contributed by atoms with Crippen molar-refractivity contribution < 1.29 is 13.5 Å². The number of hydrogen-bond acceptors (Lipinski definition) is 3. The summed E-state index contributed by atoms with van der Waals surface area (Å²) in [7, 11) is -2.81. The maximum absolute atomic E-state index is 11.5. The molecule has 0 aliphatic carbocycles. The molecule has 1 fully saturated rings. The maximum atomic E-state index is 11.5. The Balaban J connectivity index is 2.12. The number of aliphatic hydroxyl groups excluding tert-OH is 1. The first-order valence-corrected chi connectivity index (χ1v) is 9.72. The molecule has 4 heteroatoms. The Morgan fingerprint density at radius 1 is 1.11 bits per heavy atom. The summed E-state index contributed by atoms with van der Waals surface area (Å²) < 4.78 is 22.9. The predicted molar refractivity (Wildman–Crippen MR) is 79.9 cm³/mol. The Morgan fingerprint density at radius 2 is 1.74 bits per heavy atom. The van der Waals surface area contributed by atoms with Crippen molar-refractivity contribution in [1.29, 1.82) is 0 Å². The zero-order valence-corrected chi connectivity index (χ0v) is 13.1. The van der Waals surface area contributed by atoms with E-state index >= 15 is 0 Å². The second-order valence-corrected chi connectivity index (χ2v) is 8.24. The van der Waals surface area contributed by atoms with Crippen LogP contribution in [0.15, 0.2) is 0 Å². The lowest BCUT2D eigenvalue weighted by Gasteiger charge is -2.19. The van der Waals surface area contributed by atoms with E-state index in [1.807, 2.05) is 0 Å². The van der Waals surface area contributed by atoms with Gasteiger partial charge in [0.15, 0.2) is 9.84 Å². The maximum Gasteiger partial charge on any atom is 0.150 e. The van der Waals surface area contributed by atoms with Crippen LogP contribution in [0.2, 0.25) is 0 Å². The quantitative estimate of drug-likeness (QED) is 0.629. The van der Waals surface area contributed by atoms with Gasteiger partial charge in [-0.3, -0.25) is 0 Å². The lowest BCUT2D eigenvalue weighted by Crippen LogP contribution is -2.20. The Morgan fingerprint density at radius 3 is 2.26 bits per heavy atom. The fourth-order valence-electron chi connectivity index (χ4n) is 3.04. The van der Waals surface area contributed by atoms with E-state index in [9.17, 15) is 13.5 Å². The first-order valence-electron chi connectivity index (χ1n) is 7.90. The van der Waals surface area contributed by atoms with Crippen molar-refractivity contribution in [3.05, 3.63) is 0 Å². The molecule has 1 saturated heterocycles. The molecule has 0 spiro atoms. The molecule has 0 aromatic heterocycles. The second-order valence-electron chi connectivity index (χ2n) is 6.02. The molecular formula is C15H30O3S. The van der Waals surface area contributed by atoms with Crippen molar-refractivity contribution in [2.24, 2.45) is 11.8 Å². The molecule has 0 saturated carbocycles. The van der Waals surface area contributed by atoms with E-state index in [1.165, 1.54) is 38.5 Å². The van der Waals surface area contributed by atoms with E-state index in [0.717, 1.165) is 19.3 Å². The standard InChI is InChI=1S/C15H30O3S/c1-2-3-4-5-6-7-8-9-14(12-16)15-10-11-19(17,18)13-15/h14-16H,2-13H2,1H3. The summed E-state index contributed by atoms with van der Waals surface area (Å²) >= 11 is 0. The normalized spacial score (nSPS) is 23.6. The Kier molecular flexibility index (Phi) is 8.00. The van der Waals surface area contributed by atoms with Crippen LogP contribution in [-0.4, -0.2) is 31.6 Å². The molecule has 19 heavy (non-hydrogen) atoms. The monoisotopic (exact) mass is 290 g/mol. The Hall–Kier alpha value is -0.0900. The number of rotatable bonds is 10. The lowest BCUT2D eigenvalue weighted by atomic mass is 9.88. The summed E-state index contributed by atoms with van der Waals surface area (Å²) in [6, 6.07) is 0. The molecule has 114 valence electrons. The van der Waals surface area contributed by atoms with Gasteiger partial charge in [-0.2, -0.15) is 0 Å². The molecule has 3 nitrogen and oxygen atoms in total. The number of aliphatic hydroxyl groups is 1. The van der Waals surface area contributed by atoms with Gasteiger partial charge in [0.2, 0.25) is 0 Å². The zero-order chi connectivity index (χ0) is 14.1. The topological polar surface area (TPSA) is 54.4 Å². The molecule has 2 atom stereocenters. The molecule has 1 N–H and O–H groups in total. The van der Waals surface area contributed by atoms with E-state index < -0.39 is 9.84 Å². The van der Waals surface area contributed by atoms with Gasteiger partial charge in [0, 0.05) is 6.61 Å². The molecule has 1 rings (SSSR count). The first-order chi connectivity index (χ1) is 9.09. The van der Waals surface area contributed by atoms with E-state index in [1.54, 1.807) is 0 Å². The highest BCUT2D eigenvalue weighted by atomic mass is 32.2. The van der Waals surface area contributed by atoms with Gasteiger partial charge < -0.3 is 5.11 Å². The van der Waals surface area contributed by atoms with Crippen molar-refractivity contribution in [3.8, 4) is 0 Å². The highest BCUT2D eigenvalue weighted by molar-refractivity contribution is 7.91. The molecule has 1 aliphatic heterocycles. The molecule has 0 amide bonds. The largest absolute Gasteiger partial charge is 0.396 e. The summed E-state index contributed by atoms with van der Waals surface area (Å²) in [5.74, 6) is 1.03. The SMILES string of the molecule is CCCCCCCCCC(CO)C1CCS(=O)(=O)C1. The van der Waals surface area contributed by atoms with Gasteiger partial charge in [0.1, 0.15) is 0 Å². The molecule has 1 heterocycles. The fourth-order valence-corrected chi connectivity index (χ4v) is 4.95. The van der Waals surface area contributed by atoms with E-state index in [0.29, 0.717) is 11.5 Å². The summed E-state index contributed by atoms with van der Waals surface area (Å²) in [5, 5.41) is 9.43. The summed E-state index contributed by atoms with van der Waals surface area (Å²) in [5.41, 5.74) is 0. The smallest absolute Gasteiger partial charge is 0.150 e. The molecule has 0 aromatic carbocycles. The second kappa shape index (κ2) is 8.96. The number of unbranched alkanes of at least 4 members (excludes halogenated alkanes) is 6. The first kappa shape index (κ1) is 17.0. The lowest BCUT2D eigenvalue weighted by molar-refractivity contribution is 0.173. The Bertz CT molecular complexity index is 324. The molecule has 0 aromatic rings. The van der Waals surface area contributed by atoms with Gasteiger partial charge >= 0.3 is 0 Å². The average Bonchev–Trinajstić information content (AvgIpc) is 2.73. The van der Waals surface area contributed by atoms with Crippen LogP contribution in [0.4, 0.5) is 0 Å². The molecular weight excluding hydrogens is 260 g/mol. The van der Waals surface area contributed by atoms with Crippen molar-refractivity contribution >= 4 is 9.84 Å². The van der Waals surface area contributed by atoms with Gasteiger partial charge in [-0.05, 0) is 24.7 Å². The number of sulfone groups is 1. The summed E-state index contributed by atoms with van der Waals surface area (Å²) in [6.07, 6.45) is 10.6. The van der Waals surface area contributed by atoms with Gasteiger partial charge in [0.25, 0.3) is 0 Å². The minimum atomic E-state index is -2.81. The summed E-state index contributed by atoms with van der Waals surface area (Å²) in [4.78, 5) is 0. The van der Waals surface area contributed by atoms with Crippen LogP contribution in [0.3, 0.4) is 0 Å². The van der Waals surface area contributed by atoms with Gasteiger partial charge in [0.05, 0.1) is 11.5 Å². The van der Waals surface area contributed by atoms with E-state index in [-0.39, 0.29) is 18.4 Å². The third-order valence-corrected chi connectivity index (χ3v) is 6.14. The minimum Gasteiger partial charge on any atom is -0.396 e. The van der Waals surface area contributed by atoms with Gasteiger partial charge in [-0.1, -0.05) is 51.9 Å². The zero-order valence-electron chi connectivity index (χ0n) is 12.3.